The van der Waals surface area contributed by atoms with E-state index in [2.05, 4.69) is 91.9 Å². The molecule has 0 amide bonds. The molecule has 9 aromatic rings. The van der Waals surface area contributed by atoms with Crippen molar-refractivity contribution in [2.45, 2.75) is 19.7 Å². The van der Waals surface area contributed by atoms with Crippen LogP contribution < -0.4 is 0 Å². The third kappa shape index (κ3) is 6.60. The number of hydrogen-bond donors (Lipinski definition) is 1. The van der Waals surface area contributed by atoms with Gasteiger partial charge in [0.1, 0.15) is 11.6 Å². The lowest BCUT2D eigenvalue weighted by molar-refractivity contribution is 0.477. The van der Waals surface area contributed by atoms with E-state index in [0.717, 1.165) is 39.0 Å². The van der Waals surface area contributed by atoms with Gasteiger partial charge in [-0.05, 0) is 106 Å². The molecule has 0 radical (unpaired) electrons. The number of aromatic nitrogens is 3. The summed E-state index contributed by atoms with van der Waals surface area (Å²) in [5, 5.41) is 11.1. The molecule has 264 valence electrons. The zero-order valence-corrected chi connectivity index (χ0v) is 30.3. The van der Waals surface area contributed by atoms with Crippen molar-refractivity contribution < 1.29 is 9.22 Å². The van der Waals surface area contributed by atoms with E-state index in [1.807, 2.05) is 77.4 Å². The number of nitrogens with zero attached hydrogens (tertiary/aromatic N) is 3. The van der Waals surface area contributed by atoms with Crippen molar-refractivity contribution in [1.82, 2.24) is 14.5 Å². The molecule has 2 aromatic heterocycles. The van der Waals surface area contributed by atoms with E-state index in [4.69, 9.17) is 14.1 Å². The first-order valence-corrected chi connectivity index (χ1v) is 18.4. The maximum absolute atomic E-state index is 11.1. The summed E-state index contributed by atoms with van der Waals surface area (Å²) in [6.45, 7) is -0.159. The second kappa shape index (κ2) is 14.4. The van der Waals surface area contributed by atoms with Crippen LogP contribution in [0.15, 0.2) is 188 Å². The summed E-state index contributed by atoms with van der Waals surface area (Å²) >= 11 is 0. The highest BCUT2D eigenvalue weighted by Gasteiger charge is 2.20. The summed E-state index contributed by atoms with van der Waals surface area (Å²) in [5.74, 6) is 0.938. The van der Waals surface area contributed by atoms with Gasteiger partial charge in [-0.3, -0.25) is 9.55 Å². The molecule has 0 aliphatic heterocycles. The van der Waals surface area contributed by atoms with Crippen LogP contribution in [0.25, 0.3) is 72.7 Å². The van der Waals surface area contributed by atoms with Gasteiger partial charge in [0.25, 0.3) is 0 Å². The van der Waals surface area contributed by atoms with Crippen LogP contribution in [0.1, 0.15) is 33.6 Å². The summed E-state index contributed by atoms with van der Waals surface area (Å²) in [6, 6.07) is 60.1. The fourth-order valence-corrected chi connectivity index (χ4v) is 7.47. The third-order valence-electron chi connectivity index (χ3n) is 10.4. The van der Waals surface area contributed by atoms with Crippen molar-refractivity contribution in [3.8, 4) is 67.5 Å². The number of aromatic hydroxyl groups is 1. The van der Waals surface area contributed by atoms with Crippen LogP contribution in [-0.2, 0) is 0 Å². The smallest absolute Gasteiger partial charge is 0.149 e. The lowest BCUT2D eigenvalue weighted by atomic mass is 9.91. The molecule has 9 rings (SSSR count). The van der Waals surface area contributed by atoms with Gasteiger partial charge < -0.3 is 5.11 Å². The Morgan fingerprint density at radius 1 is 0.545 bits per heavy atom. The van der Waals surface area contributed by atoms with E-state index >= 15 is 0 Å². The quantitative estimate of drug-likeness (QED) is 0.171. The molecule has 0 aliphatic carbocycles. The largest absolute Gasteiger partial charge is 0.507 e. The van der Waals surface area contributed by atoms with Gasteiger partial charge in [0.2, 0.25) is 0 Å². The van der Waals surface area contributed by atoms with Crippen LogP contribution in [0, 0.1) is 6.85 Å². The fraction of sp³-hybridized carbons (Fsp3) is 0.0588. The standard InChI is InChI=1S/C51H39N3O/c1-34-30-42(32-43(31-34)47-33-41(28-29-52-47)40-22-20-37(21-23-40)35(2)36-12-5-3-6-13-36)45-17-11-18-48-50(45)53-51(46-16-9-10-19-49(46)55)54(48)44-26-24-39(25-27-44)38-14-7-4-8-15-38/h3-33,35,55H,1-2H3/i1D3. The Bertz CT molecular complexity index is 2890. The first-order chi connectivity index (χ1) is 28.2. The molecule has 1 N–H and O–H groups in total. The molecule has 0 bridgehead atoms. The number of hydrogen-bond acceptors (Lipinski definition) is 3. The Morgan fingerprint density at radius 2 is 1.18 bits per heavy atom. The Kier molecular flexibility index (Phi) is 7.97. The van der Waals surface area contributed by atoms with Crippen molar-refractivity contribution in [1.29, 1.82) is 0 Å². The highest BCUT2D eigenvalue weighted by atomic mass is 16.3. The molecule has 0 saturated carbocycles. The van der Waals surface area contributed by atoms with Crippen molar-refractivity contribution in [2.75, 3.05) is 0 Å². The van der Waals surface area contributed by atoms with Crippen molar-refractivity contribution in [2.24, 2.45) is 0 Å². The molecule has 2 heterocycles. The first-order valence-electron chi connectivity index (χ1n) is 19.9. The monoisotopic (exact) mass is 712 g/mol. The van der Waals surface area contributed by atoms with Crippen molar-refractivity contribution >= 4 is 11.0 Å². The minimum Gasteiger partial charge on any atom is -0.507 e. The number of pyridine rings is 1. The highest BCUT2D eigenvalue weighted by Crippen LogP contribution is 2.39. The van der Waals surface area contributed by atoms with Gasteiger partial charge in [-0.15, -0.1) is 0 Å². The lowest BCUT2D eigenvalue weighted by Gasteiger charge is -2.14. The van der Waals surface area contributed by atoms with Crippen LogP contribution in [0.4, 0.5) is 0 Å². The normalized spacial score (nSPS) is 12.9. The number of fused-ring (bicyclic) bond motifs is 1. The number of phenols is 1. The van der Waals surface area contributed by atoms with E-state index in [1.54, 1.807) is 30.5 Å². The van der Waals surface area contributed by atoms with Crippen molar-refractivity contribution in [3.63, 3.8) is 0 Å². The summed E-state index contributed by atoms with van der Waals surface area (Å²) in [7, 11) is 0. The van der Waals surface area contributed by atoms with Gasteiger partial charge in [-0.25, -0.2) is 4.98 Å². The third-order valence-corrected chi connectivity index (χ3v) is 10.4. The number of para-hydroxylation sites is 2. The van der Waals surface area contributed by atoms with Gasteiger partial charge in [0.15, 0.2) is 0 Å². The van der Waals surface area contributed by atoms with Crippen LogP contribution >= 0.6 is 0 Å². The number of rotatable bonds is 8. The summed E-state index contributed by atoms with van der Waals surface area (Å²) in [6.07, 6.45) is 1.77. The first kappa shape index (κ1) is 30.4. The molecular weight excluding hydrogens is 671 g/mol. The van der Waals surface area contributed by atoms with Gasteiger partial charge in [-0.2, -0.15) is 0 Å². The number of benzene rings is 7. The SMILES string of the molecule is [2H]C([2H])([2H])c1cc(-c2cc(-c3ccc(C(C)c4ccccc4)cc3)ccn2)cc(-c2cccc3c2nc(-c2ccccc2O)n3-c2ccc(-c3ccccc3)cc2)c1. The van der Waals surface area contributed by atoms with E-state index in [-0.39, 0.29) is 17.2 Å². The topological polar surface area (TPSA) is 50.9 Å². The molecule has 0 saturated heterocycles. The van der Waals surface area contributed by atoms with Crippen molar-refractivity contribution in [3.05, 3.63) is 205 Å². The number of imidazole rings is 1. The van der Waals surface area contributed by atoms with Gasteiger partial charge >= 0.3 is 0 Å². The zero-order valence-electron chi connectivity index (χ0n) is 33.3. The summed E-state index contributed by atoms with van der Waals surface area (Å²) in [5.41, 5.74) is 12.7. The molecule has 4 heteroatoms. The highest BCUT2D eigenvalue weighted by molar-refractivity contribution is 5.96. The Labute approximate surface area is 325 Å². The minimum atomic E-state index is -2.37. The van der Waals surface area contributed by atoms with E-state index in [1.165, 1.54) is 11.1 Å². The molecular formula is C51H39N3O. The second-order valence-corrected chi connectivity index (χ2v) is 13.9. The van der Waals surface area contributed by atoms with Gasteiger partial charge in [0.05, 0.1) is 22.3 Å². The van der Waals surface area contributed by atoms with Crippen LogP contribution in [0.5, 0.6) is 5.75 Å². The lowest BCUT2D eigenvalue weighted by Crippen LogP contribution is -1.98. The van der Waals surface area contributed by atoms with Gasteiger partial charge in [0, 0.05) is 33.0 Å². The predicted molar refractivity (Wildman–Crippen MR) is 226 cm³/mol. The molecule has 7 aromatic carbocycles. The van der Waals surface area contributed by atoms with E-state index in [9.17, 15) is 5.11 Å². The fourth-order valence-electron chi connectivity index (χ4n) is 7.47. The predicted octanol–water partition coefficient (Wildman–Crippen LogP) is 12.9. The molecule has 0 spiro atoms. The second-order valence-electron chi connectivity index (χ2n) is 13.9. The molecule has 1 unspecified atom stereocenters. The van der Waals surface area contributed by atoms with Gasteiger partial charge in [-0.1, -0.05) is 134 Å². The van der Waals surface area contributed by atoms with Crippen LogP contribution in [-0.4, -0.2) is 19.6 Å². The molecule has 55 heavy (non-hydrogen) atoms. The molecule has 1 atom stereocenters. The average Bonchev–Trinajstić information content (AvgIpc) is 3.66. The Morgan fingerprint density at radius 3 is 1.95 bits per heavy atom. The molecule has 0 aliphatic rings. The zero-order chi connectivity index (χ0) is 39.8. The molecule has 0 fully saturated rings. The maximum atomic E-state index is 11.1. The number of phenolic OH excluding ortho intramolecular Hbond substituents is 1. The maximum Gasteiger partial charge on any atom is 0.149 e. The Balaban J connectivity index is 1.15. The van der Waals surface area contributed by atoms with Crippen LogP contribution in [0.2, 0.25) is 0 Å². The van der Waals surface area contributed by atoms with E-state index < -0.39 is 6.85 Å². The minimum absolute atomic E-state index is 0.111. The van der Waals surface area contributed by atoms with E-state index in [0.29, 0.717) is 33.7 Å². The van der Waals surface area contributed by atoms with Crippen LogP contribution in [0.3, 0.4) is 0 Å². The number of aryl methyl sites for hydroxylation is 1. The summed E-state index contributed by atoms with van der Waals surface area (Å²) in [4.78, 5) is 9.96. The average molecular weight is 713 g/mol. The Hall–Kier alpha value is -7.04. The molecule has 4 nitrogen and oxygen atoms in total. The summed E-state index contributed by atoms with van der Waals surface area (Å²) < 4.78 is 27.5.